The maximum absolute atomic E-state index is 13.7. The maximum Gasteiger partial charge on any atom is 0.258 e. The van der Waals surface area contributed by atoms with Crippen LogP contribution in [0.1, 0.15) is 61.0 Å². The molecule has 2 aromatic carbocycles. The van der Waals surface area contributed by atoms with Gasteiger partial charge in [-0.15, -0.1) is 0 Å². The predicted octanol–water partition coefficient (Wildman–Crippen LogP) is 4.31. The first-order valence-electron chi connectivity index (χ1n) is 11.1. The number of amides is 1. The molecule has 6 heteroatoms. The van der Waals surface area contributed by atoms with Crippen molar-refractivity contribution in [2.75, 3.05) is 20.3 Å². The molecule has 3 atom stereocenters. The Balaban J connectivity index is 1.79. The summed E-state index contributed by atoms with van der Waals surface area (Å²) in [6.07, 6.45) is 4.19. The molecule has 1 saturated carbocycles. The third kappa shape index (κ3) is 3.97. The number of phenols is 1. The molecule has 31 heavy (non-hydrogen) atoms. The highest BCUT2D eigenvalue weighted by molar-refractivity contribution is 5.97. The Morgan fingerprint density at radius 1 is 1.16 bits per heavy atom. The van der Waals surface area contributed by atoms with Crippen molar-refractivity contribution in [2.24, 2.45) is 5.92 Å². The standard InChI is InChI=1S/C25H31NO5/c1-3-31-22-16-17(11-12-20(22)27)23-19-9-6-7-13-25(19,29)14-15-26(23)24(28)18-8-4-5-10-21(18)30-2/h4-5,8,10-12,16,19,23,27,29H,3,6-7,9,13-15H2,1-2H3/t19-,23+,25+/m0/s1. The normalized spacial score (nSPS) is 25.6. The van der Waals surface area contributed by atoms with E-state index in [1.54, 1.807) is 25.3 Å². The van der Waals surface area contributed by atoms with E-state index >= 15 is 0 Å². The van der Waals surface area contributed by atoms with Gasteiger partial charge >= 0.3 is 0 Å². The van der Waals surface area contributed by atoms with Crippen molar-refractivity contribution in [3.63, 3.8) is 0 Å². The number of hydrogen-bond acceptors (Lipinski definition) is 5. The number of fused-ring (bicyclic) bond motifs is 1. The Kier molecular flexibility index (Phi) is 6.10. The van der Waals surface area contributed by atoms with Crippen LogP contribution in [0, 0.1) is 5.92 Å². The number of aromatic hydroxyl groups is 1. The molecule has 0 spiro atoms. The van der Waals surface area contributed by atoms with Crippen LogP contribution in [-0.2, 0) is 0 Å². The van der Waals surface area contributed by atoms with Crippen LogP contribution in [0.4, 0.5) is 0 Å². The van der Waals surface area contributed by atoms with Crippen molar-refractivity contribution in [3.05, 3.63) is 53.6 Å². The zero-order valence-electron chi connectivity index (χ0n) is 18.2. The molecule has 1 aliphatic carbocycles. The van der Waals surface area contributed by atoms with Crippen molar-refractivity contribution in [1.29, 1.82) is 0 Å². The minimum Gasteiger partial charge on any atom is -0.504 e. The number of para-hydroxylation sites is 1. The summed E-state index contributed by atoms with van der Waals surface area (Å²) in [4.78, 5) is 15.6. The molecule has 6 nitrogen and oxygen atoms in total. The first-order valence-corrected chi connectivity index (χ1v) is 11.1. The van der Waals surface area contributed by atoms with Gasteiger partial charge in [0.2, 0.25) is 0 Å². The highest BCUT2D eigenvalue weighted by Crippen LogP contribution is 2.50. The zero-order chi connectivity index (χ0) is 22.0. The molecule has 1 saturated heterocycles. The third-order valence-electron chi connectivity index (χ3n) is 6.79. The summed E-state index contributed by atoms with van der Waals surface area (Å²) in [7, 11) is 1.56. The van der Waals surface area contributed by atoms with Crippen molar-refractivity contribution in [3.8, 4) is 17.2 Å². The smallest absolute Gasteiger partial charge is 0.258 e. The van der Waals surface area contributed by atoms with Crippen LogP contribution in [0.25, 0.3) is 0 Å². The quantitative estimate of drug-likeness (QED) is 0.746. The van der Waals surface area contributed by atoms with Crippen LogP contribution in [0.3, 0.4) is 0 Å². The van der Waals surface area contributed by atoms with E-state index < -0.39 is 5.60 Å². The summed E-state index contributed by atoms with van der Waals surface area (Å²) < 4.78 is 11.1. The van der Waals surface area contributed by atoms with Crippen molar-refractivity contribution >= 4 is 5.91 Å². The van der Waals surface area contributed by atoms with Gasteiger partial charge in [0.1, 0.15) is 5.75 Å². The molecule has 2 aliphatic rings. The molecule has 2 aromatic rings. The van der Waals surface area contributed by atoms with Crippen LogP contribution in [-0.4, -0.2) is 46.9 Å². The Morgan fingerprint density at radius 3 is 2.74 bits per heavy atom. The van der Waals surface area contributed by atoms with Crippen LogP contribution in [0.5, 0.6) is 17.2 Å². The fourth-order valence-electron chi connectivity index (χ4n) is 5.28. The maximum atomic E-state index is 13.7. The second-order valence-electron chi connectivity index (χ2n) is 8.51. The van der Waals surface area contributed by atoms with Gasteiger partial charge < -0.3 is 24.6 Å². The number of carbonyl (C=O) groups is 1. The summed E-state index contributed by atoms with van der Waals surface area (Å²) >= 11 is 0. The summed E-state index contributed by atoms with van der Waals surface area (Å²) in [5, 5.41) is 21.7. The molecule has 1 amide bonds. The number of rotatable bonds is 5. The third-order valence-corrected chi connectivity index (χ3v) is 6.79. The molecule has 1 aliphatic heterocycles. The van der Waals surface area contributed by atoms with Crippen molar-refractivity contribution < 1.29 is 24.5 Å². The largest absolute Gasteiger partial charge is 0.504 e. The average Bonchev–Trinajstić information content (AvgIpc) is 2.79. The number of nitrogens with zero attached hydrogens (tertiary/aromatic N) is 1. The van der Waals surface area contributed by atoms with Gasteiger partial charge in [-0.1, -0.05) is 31.0 Å². The second-order valence-corrected chi connectivity index (χ2v) is 8.51. The predicted molar refractivity (Wildman–Crippen MR) is 118 cm³/mol. The highest BCUT2D eigenvalue weighted by atomic mass is 16.5. The van der Waals surface area contributed by atoms with Crippen LogP contribution in [0.15, 0.2) is 42.5 Å². The lowest BCUT2D eigenvalue weighted by Crippen LogP contribution is -2.56. The molecule has 2 N–H and O–H groups in total. The van der Waals surface area contributed by atoms with Gasteiger partial charge in [0.05, 0.1) is 30.9 Å². The lowest BCUT2D eigenvalue weighted by molar-refractivity contribution is -0.115. The van der Waals surface area contributed by atoms with Gasteiger partial charge in [0.25, 0.3) is 5.91 Å². The highest BCUT2D eigenvalue weighted by Gasteiger charge is 2.50. The molecule has 1 heterocycles. The minimum atomic E-state index is -0.788. The Morgan fingerprint density at radius 2 is 1.97 bits per heavy atom. The Bertz CT molecular complexity index is 945. The number of hydrogen-bond donors (Lipinski definition) is 2. The first kappa shape index (κ1) is 21.5. The molecule has 0 bridgehead atoms. The van der Waals surface area contributed by atoms with E-state index in [-0.39, 0.29) is 23.6 Å². The second kappa shape index (κ2) is 8.79. The van der Waals surface area contributed by atoms with E-state index in [0.717, 1.165) is 31.2 Å². The summed E-state index contributed by atoms with van der Waals surface area (Å²) in [6.45, 7) is 2.75. The van der Waals surface area contributed by atoms with Crippen molar-refractivity contribution in [2.45, 2.75) is 50.7 Å². The van der Waals surface area contributed by atoms with Gasteiger partial charge in [-0.25, -0.2) is 0 Å². The van der Waals surface area contributed by atoms with E-state index in [9.17, 15) is 15.0 Å². The number of likely N-dealkylation sites (tertiary alicyclic amines) is 1. The van der Waals surface area contributed by atoms with Gasteiger partial charge in [-0.2, -0.15) is 0 Å². The van der Waals surface area contributed by atoms with Crippen LogP contribution >= 0.6 is 0 Å². The molecule has 4 rings (SSSR count). The van der Waals surface area contributed by atoms with Gasteiger partial charge in [-0.3, -0.25) is 4.79 Å². The lowest BCUT2D eigenvalue weighted by atomic mass is 9.66. The molecule has 0 unspecified atom stereocenters. The monoisotopic (exact) mass is 425 g/mol. The molecule has 166 valence electrons. The van der Waals surface area contributed by atoms with Crippen molar-refractivity contribution in [1.82, 2.24) is 4.90 Å². The number of benzene rings is 2. The van der Waals surface area contributed by atoms with Gasteiger partial charge in [-0.05, 0) is 56.0 Å². The number of ether oxygens (including phenoxy) is 2. The summed E-state index contributed by atoms with van der Waals surface area (Å²) in [5.41, 5.74) is 0.596. The van der Waals surface area contributed by atoms with E-state index in [0.29, 0.717) is 36.6 Å². The molecule has 2 fully saturated rings. The minimum absolute atomic E-state index is 0.0721. The van der Waals surface area contributed by atoms with Gasteiger partial charge in [0.15, 0.2) is 11.5 Å². The SMILES string of the molecule is CCOc1cc([C@@H]2[C@@H]3CCCC[C@@]3(O)CCN2C(=O)c2ccccc2OC)ccc1O. The molecular formula is C25H31NO5. The topological polar surface area (TPSA) is 79.2 Å². The van der Waals surface area contributed by atoms with E-state index in [2.05, 4.69) is 0 Å². The first-order chi connectivity index (χ1) is 15.0. The van der Waals surface area contributed by atoms with Gasteiger partial charge in [0, 0.05) is 12.5 Å². The molecular weight excluding hydrogens is 394 g/mol. The Labute approximate surface area is 183 Å². The number of phenolic OH excluding ortho intramolecular Hbond substituents is 1. The number of methoxy groups -OCH3 is 1. The number of piperidine rings is 1. The van der Waals surface area contributed by atoms with Crippen LogP contribution in [0.2, 0.25) is 0 Å². The number of aliphatic hydroxyl groups is 1. The average molecular weight is 426 g/mol. The summed E-state index contributed by atoms with van der Waals surface area (Å²) in [6, 6.07) is 12.2. The lowest BCUT2D eigenvalue weighted by Gasteiger charge is -2.52. The van der Waals surface area contributed by atoms with Crippen LogP contribution < -0.4 is 9.47 Å². The Hall–Kier alpha value is -2.73. The fourth-order valence-corrected chi connectivity index (χ4v) is 5.28. The fraction of sp³-hybridized carbons (Fsp3) is 0.480. The van der Waals surface area contributed by atoms with E-state index in [4.69, 9.17) is 9.47 Å². The number of carbonyl (C=O) groups excluding carboxylic acids is 1. The molecule has 0 radical (unpaired) electrons. The summed E-state index contributed by atoms with van der Waals surface area (Å²) in [5.74, 6) is 0.822. The molecule has 0 aromatic heterocycles. The van der Waals surface area contributed by atoms with E-state index in [1.807, 2.05) is 36.1 Å². The zero-order valence-corrected chi connectivity index (χ0v) is 18.2. The van der Waals surface area contributed by atoms with E-state index in [1.165, 1.54) is 0 Å².